The molecule has 0 amide bonds. The number of nitrogens with two attached hydrogens (primary N) is 1. The Labute approximate surface area is 68.7 Å². The topological polar surface area (TPSA) is 38.4 Å². The van der Waals surface area contributed by atoms with Crippen molar-refractivity contribution in [2.24, 2.45) is 4.99 Å². The lowest BCUT2D eigenvalue weighted by Crippen LogP contribution is -1.97. The minimum Gasteiger partial charge on any atom is -0.394 e. The molecule has 0 aliphatic carbocycles. The zero-order valence-electron chi connectivity index (χ0n) is 6.51. The van der Waals surface area contributed by atoms with Crippen molar-refractivity contribution in [3.8, 4) is 0 Å². The Kier molecular flexibility index (Phi) is 2.38. The second-order valence-electron chi connectivity index (χ2n) is 2.29. The smallest absolute Gasteiger partial charge is 0.149 e. The first-order chi connectivity index (χ1) is 5.65. The molecule has 0 atom stereocenters. The summed E-state index contributed by atoms with van der Waals surface area (Å²) in [5, 5.41) is 0. The van der Waals surface area contributed by atoms with Crippen LogP contribution in [0.4, 0.5) is 14.5 Å². The number of hydrogen-bond donors (Lipinski definition) is 1. The number of nitrogen functional groups attached to an aromatic ring is 1. The number of nitrogens with zero attached hydrogens (tertiary/aromatic N) is 1. The van der Waals surface area contributed by atoms with Gasteiger partial charge in [-0.05, 0) is 17.7 Å². The third kappa shape index (κ3) is 1.58. The first-order valence-electron chi connectivity index (χ1n) is 3.32. The molecule has 12 heavy (non-hydrogen) atoms. The monoisotopic (exact) mass is 170 g/mol. The van der Waals surface area contributed by atoms with Crippen molar-refractivity contribution in [2.45, 2.75) is 0 Å². The van der Waals surface area contributed by atoms with Gasteiger partial charge in [-0.15, -0.1) is 0 Å². The zero-order chi connectivity index (χ0) is 9.14. The Morgan fingerprint density at radius 3 is 2.25 bits per heavy atom. The van der Waals surface area contributed by atoms with Gasteiger partial charge in [0, 0.05) is 13.3 Å². The van der Waals surface area contributed by atoms with Crippen molar-refractivity contribution in [2.75, 3.05) is 12.8 Å². The van der Waals surface area contributed by atoms with Gasteiger partial charge in [-0.25, -0.2) is 8.78 Å². The predicted octanol–water partition coefficient (Wildman–Crippen LogP) is 1.60. The van der Waals surface area contributed by atoms with Gasteiger partial charge in [-0.2, -0.15) is 0 Å². The Balaban J connectivity index is 3.21. The van der Waals surface area contributed by atoms with Crippen LogP contribution in [-0.4, -0.2) is 13.3 Å². The molecule has 0 saturated heterocycles. The van der Waals surface area contributed by atoms with Crippen LogP contribution in [0.25, 0.3) is 0 Å². The molecule has 0 spiro atoms. The van der Waals surface area contributed by atoms with Crippen molar-refractivity contribution in [3.05, 3.63) is 29.3 Å². The van der Waals surface area contributed by atoms with E-state index < -0.39 is 17.3 Å². The van der Waals surface area contributed by atoms with Crippen LogP contribution in [0, 0.1) is 11.6 Å². The van der Waals surface area contributed by atoms with Crippen molar-refractivity contribution in [1.29, 1.82) is 0 Å². The van der Waals surface area contributed by atoms with Gasteiger partial charge in [-0.3, -0.25) is 4.99 Å². The van der Waals surface area contributed by atoms with Crippen LogP contribution in [-0.2, 0) is 0 Å². The molecule has 1 rings (SSSR count). The van der Waals surface area contributed by atoms with E-state index in [4.69, 9.17) is 5.73 Å². The van der Waals surface area contributed by atoms with E-state index in [1.165, 1.54) is 13.3 Å². The summed E-state index contributed by atoms with van der Waals surface area (Å²) in [6.45, 7) is 0. The molecule has 1 aromatic rings. The van der Waals surface area contributed by atoms with Crippen molar-refractivity contribution in [3.63, 3.8) is 0 Å². The molecule has 0 unspecified atom stereocenters. The second-order valence-corrected chi connectivity index (χ2v) is 2.29. The Morgan fingerprint density at radius 1 is 1.33 bits per heavy atom. The molecule has 64 valence electrons. The summed E-state index contributed by atoms with van der Waals surface area (Å²) in [6.07, 6.45) is 1.35. The van der Waals surface area contributed by atoms with Crippen LogP contribution in [0.1, 0.15) is 5.56 Å². The van der Waals surface area contributed by atoms with E-state index in [0.29, 0.717) is 5.56 Å². The van der Waals surface area contributed by atoms with E-state index >= 15 is 0 Å². The summed E-state index contributed by atoms with van der Waals surface area (Å²) in [6, 6.07) is 2.26. The van der Waals surface area contributed by atoms with Gasteiger partial charge >= 0.3 is 0 Å². The molecular weight excluding hydrogens is 162 g/mol. The van der Waals surface area contributed by atoms with Crippen molar-refractivity contribution in [1.82, 2.24) is 0 Å². The van der Waals surface area contributed by atoms with Gasteiger partial charge in [0.05, 0.1) is 0 Å². The Morgan fingerprint density at radius 2 is 1.83 bits per heavy atom. The molecule has 0 aliphatic heterocycles. The number of hydrogen-bond acceptors (Lipinski definition) is 2. The molecule has 0 saturated carbocycles. The van der Waals surface area contributed by atoms with Gasteiger partial charge in [0.1, 0.15) is 17.3 Å². The second kappa shape index (κ2) is 3.30. The molecule has 0 aliphatic rings. The van der Waals surface area contributed by atoms with E-state index in [9.17, 15) is 8.78 Å². The highest BCUT2D eigenvalue weighted by atomic mass is 19.1. The number of anilines is 1. The molecule has 2 N–H and O–H groups in total. The van der Waals surface area contributed by atoms with Gasteiger partial charge in [0.15, 0.2) is 0 Å². The normalized spacial score (nSPS) is 10.9. The average molecular weight is 170 g/mol. The van der Waals surface area contributed by atoms with Gasteiger partial charge in [-0.1, -0.05) is 0 Å². The van der Waals surface area contributed by atoms with Crippen LogP contribution in [0.3, 0.4) is 0 Å². The molecule has 0 fully saturated rings. The van der Waals surface area contributed by atoms with Gasteiger partial charge in [0.2, 0.25) is 0 Å². The Hall–Kier alpha value is -1.45. The summed E-state index contributed by atoms with van der Waals surface area (Å²) in [7, 11) is 1.52. The minimum atomic E-state index is -0.759. The lowest BCUT2D eigenvalue weighted by Gasteiger charge is -1.99. The van der Waals surface area contributed by atoms with Gasteiger partial charge in [0.25, 0.3) is 0 Å². The molecule has 1 aromatic carbocycles. The van der Waals surface area contributed by atoms with E-state index in [1.807, 2.05) is 0 Å². The summed E-state index contributed by atoms with van der Waals surface area (Å²) in [5.41, 5.74) is 4.96. The zero-order valence-corrected chi connectivity index (χ0v) is 6.51. The summed E-state index contributed by atoms with van der Waals surface area (Å²) >= 11 is 0. The fourth-order valence-electron chi connectivity index (χ4n) is 0.828. The SMILES string of the molecule is C/N=C/c1cc(F)c(N)c(F)c1. The third-order valence-corrected chi connectivity index (χ3v) is 1.38. The third-order valence-electron chi connectivity index (χ3n) is 1.38. The van der Waals surface area contributed by atoms with Crippen LogP contribution in [0.5, 0.6) is 0 Å². The quantitative estimate of drug-likeness (QED) is 0.504. The lowest BCUT2D eigenvalue weighted by atomic mass is 10.2. The average Bonchev–Trinajstić information content (AvgIpc) is 2.01. The predicted molar refractivity (Wildman–Crippen MR) is 44.3 cm³/mol. The fraction of sp³-hybridized carbons (Fsp3) is 0.125. The molecule has 2 nitrogen and oxygen atoms in total. The van der Waals surface area contributed by atoms with Crippen LogP contribution >= 0.6 is 0 Å². The highest BCUT2D eigenvalue weighted by Crippen LogP contribution is 2.15. The highest BCUT2D eigenvalue weighted by Gasteiger charge is 2.05. The number of rotatable bonds is 1. The summed E-state index contributed by atoms with van der Waals surface area (Å²) < 4.78 is 25.5. The summed E-state index contributed by atoms with van der Waals surface area (Å²) in [5.74, 6) is -1.52. The Bertz CT molecular complexity index is 298. The fourth-order valence-corrected chi connectivity index (χ4v) is 0.828. The molecule has 0 aromatic heterocycles. The van der Waals surface area contributed by atoms with E-state index in [-0.39, 0.29) is 0 Å². The number of halogens is 2. The van der Waals surface area contributed by atoms with E-state index in [2.05, 4.69) is 4.99 Å². The molecular formula is C8H8F2N2. The van der Waals surface area contributed by atoms with Crippen molar-refractivity contribution < 1.29 is 8.78 Å². The lowest BCUT2D eigenvalue weighted by molar-refractivity contribution is 0.591. The molecule has 0 bridgehead atoms. The number of aliphatic imine (C=N–C) groups is 1. The first kappa shape index (κ1) is 8.64. The van der Waals surface area contributed by atoms with Crippen LogP contribution in [0.15, 0.2) is 17.1 Å². The summed E-state index contributed by atoms with van der Waals surface area (Å²) in [4.78, 5) is 3.62. The largest absolute Gasteiger partial charge is 0.394 e. The maximum absolute atomic E-state index is 12.7. The maximum atomic E-state index is 12.7. The maximum Gasteiger partial charge on any atom is 0.149 e. The number of benzene rings is 1. The molecule has 0 heterocycles. The van der Waals surface area contributed by atoms with E-state index in [1.54, 1.807) is 0 Å². The molecule has 0 radical (unpaired) electrons. The first-order valence-corrected chi connectivity index (χ1v) is 3.32. The molecule has 4 heteroatoms. The standard InChI is InChI=1S/C8H8F2N2/c1-12-4-5-2-6(9)8(11)7(10)3-5/h2-4H,11H2,1H3/b12-4+. The highest BCUT2D eigenvalue weighted by molar-refractivity contribution is 5.80. The van der Waals surface area contributed by atoms with Crippen molar-refractivity contribution >= 4 is 11.9 Å². The van der Waals surface area contributed by atoms with Gasteiger partial charge < -0.3 is 5.73 Å². The van der Waals surface area contributed by atoms with Crippen LogP contribution in [0.2, 0.25) is 0 Å². The minimum absolute atomic E-state index is 0.363. The van der Waals surface area contributed by atoms with E-state index in [0.717, 1.165) is 12.1 Å². The van der Waals surface area contributed by atoms with Crippen LogP contribution < -0.4 is 5.73 Å².